The molecule has 1 saturated heterocycles. The average molecular weight is 240 g/mol. The molecule has 100 valence electrons. The Morgan fingerprint density at radius 2 is 2.18 bits per heavy atom. The van der Waals surface area contributed by atoms with Crippen molar-refractivity contribution in [3.05, 3.63) is 0 Å². The Balaban J connectivity index is 1.83. The van der Waals surface area contributed by atoms with Gasteiger partial charge in [-0.1, -0.05) is 26.7 Å². The lowest BCUT2D eigenvalue weighted by Crippen LogP contribution is -2.52. The molecule has 0 bridgehead atoms. The van der Waals surface area contributed by atoms with Gasteiger partial charge in [-0.25, -0.2) is 0 Å². The predicted molar refractivity (Wildman–Crippen MR) is 71.3 cm³/mol. The smallest absolute Gasteiger partial charge is 0.0855 e. The summed E-state index contributed by atoms with van der Waals surface area (Å²) in [7, 11) is 0. The van der Waals surface area contributed by atoms with Crippen LogP contribution in [0.25, 0.3) is 0 Å². The summed E-state index contributed by atoms with van der Waals surface area (Å²) in [5.41, 5.74) is 0. The monoisotopic (exact) mass is 240 g/mol. The number of hydrogen-bond acceptors (Lipinski definition) is 3. The van der Waals surface area contributed by atoms with Crippen molar-refractivity contribution in [3.8, 4) is 0 Å². The topological polar surface area (TPSA) is 24.5 Å². The molecule has 2 atom stereocenters. The lowest BCUT2D eigenvalue weighted by Gasteiger charge is -2.37. The van der Waals surface area contributed by atoms with Gasteiger partial charge in [0.25, 0.3) is 0 Å². The van der Waals surface area contributed by atoms with E-state index in [4.69, 9.17) is 4.74 Å². The molecule has 3 nitrogen and oxygen atoms in total. The number of nitrogens with one attached hydrogen (secondary N) is 1. The first-order valence-corrected chi connectivity index (χ1v) is 7.40. The van der Waals surface area contributed by atoms with E-state index in [1.807, 2.05) is 0 Å². The van der Waals surface area contributed by atoms with Crippen molar-refractivity contribution >= 4 is 0 Å². The highest BCUT2D eigenvalue weighted by atomic mass is 16.5. The van der Waals surface area contributed by atoms with Crippen LogP contribution in [0.5, 0.6) is 0 Å². The molecule has 1 aliphatic carbocycles. The molecular weight excluding hydrogens is 212 g/mol. The van der Waals surface area contributed by atoms with Crippen LogP contribution >= 0.6 is 0 Å². The van der Waals surface area contributed by atoms with E-state index in [-0.39, 0.29) is 0 Å². The minimum atomic E-state index is 0.413. The molecule has 17 heavy (non-hydrogen) atoms. The molecule has 0 aromatic rings. The fraction of sp³-hybridized carbons (Fsp3) is 1.00. The Kier molecular flexibility index (Phi) is 5.26. The zero-order chi connectivity index (χ0) is 12.1. The second-order valence-corrected chi connectivity index (χ2v) is 5.54. The highest BCUT2D eigenvalue weighted by Gasteiger charge is 2.32. The number of likely N-dealkylation sites (N-methyl/N-ethyl adjacent to an activating group) is 1. The van der Waals surface area contributed by atoms with Crippen molar-refractivity contribution in [2.75, 3.05) is 32.8 Å². The summed E-state index contributed by atoms with van der Waals surface area (Å²) in [6.07, 6.45) is 5.83. The molecule has 2 aliphatic rings. The highest BCUT2D eigenvalue weighted by Crippen LogP contribution is 2.34. The number of hydrogen-bond donors (Lipinski definition) is 1. The quantitative estimate of drug-likeness (QED) is 0.735. The predicted octanol–water partition coefficient (Wildman–Crippen LogP) is 1.88. The van der Waals surface area contributed by atoms with Gasteiger partial charge in [-0.3, -0.25) is 4.90 Å². The van der Waals surface area contributed by atoms with Gasteiger partial charge in [0.05, 0.1) is 12.7 Å². The molecular formula is C14H28N2O. The first-order chi connectivity index (χ1) is 8.33. The Morgan fingerprint density at radius 3 is 2.82 bits per heavy atom. The van der Waals surface area contributed by atoms with Gasteiger partial charge in [-0.2, -0.15) is 0 Å². The molecule has 0 aromatic heterocycles. The van der Waals surface area contributed by atoms with E-state index < -0.39 is 0 Å². The standard InChI is InChI=1S/C14H28N2O/c1-3-7-15-13(10-12-5-6-12)14-11-16(4-2)8-9-17-14/h12-15H,3-11H2,1-2H3. The summed E-state index contributed by atoms with van der Waals surface area (Å²) in [6, 6.07) is 0.580. The first-order valence-electron chi connectivity index (χ1n) is 7.40. The Labute approximate surface area is 106 Å². The largest absolute Gasteiger partial charge is 0.374 e. The third-order valence-electron chi connectivity index (χ3n) is 4.01. The second kappa shape index (κ2) is 6.72. The molecule has 1 N–H and O–H groups in total. The number of nitrogens with zero attached hydrogens (tertiary/aromatic N) is 1. The van der Waals surface area contributed by atoms with Gasteiger partial charge in [0.15, 0.2) is 0 Å². The third-order valence-corrected chi connectivity index (χ3v) is 4.01. The fourth-order valence-electron chi connectivity index (χ4n) is 2.67. The van der Waals surface area contributed by atoms with Crippen LogP contribution in [0.2, 0.25) is 0 Å². The first kappa shape index (κ1) is 13.3. The van der Waals surface area contributed by atoms with Gasteiger partial charge in [0.1, 0.15) is 0 Å². The molecule has 1 heterocycles. The Hall–Kier alpha value is -0.120. The highest BCUT2D eigenvalue weighted by molar-refractivity contribution is 4.88. The van der Waals surface area contributed by atoms with Crippen LogP contribution in [-0.2, 0) is 4.74 Å². The van der Waals surface area contributed by atoms with Crippen LogP contribution in [0.3, 0.4) is 0 Å². The summed E-state index contributed by atoms with van der Waals surface area (Å²) >= 11 is 0. The molecule has 0 spiro atoms. The van der Waals surface area contributed by atoms with Crippen molar-refractivity contribution in [3.63, 3.8) is 0 Å². The Morgan fingerprint density at radius 1 is 1.35 bits per heavy atom. The van der Waals surface area contributed by atoms with Crippen LogP contribution in [0.4, 0.5) is 0 Å². The van der Waals surface area contributed by atoms with E-state index in [2.05, 4.69) is 24.1 Å². The van der Waals surface area contributed by atoms with Gasteiger partial charge in [-0.15, -0.1) is 0 Å². The van der Waals surface area contributed by atoms with Gasteiger partial charge in [-0.05, 0) is 31.8 Å². The molecule has 2 unspecified atom stereocenters. The minimum Gasteiger partial charge on any atom is -0.374 e. The van der Waals surface area contributed by atoms with Crippen molar-refractivity contribution in [2.45, 2.75) is 51.7 Å². The molecule has 2 rings (SSSR count). The van der Waals surface area contributed by atoms with E-state index in [0.717, 1.165) is 38.7 Å². The number of ether oxygens (including phenoxy) is 1. The van der Waals surface area contributed by atoms with Gasteiger partial charge >= 0.3 is 0 Å². The number of rotatable bonds is 7. The maximum Gasteiger partial charge on any atom is 0.0855 e. The second-order valence-electron chi connectivity index (χ2n) is 5.54. The SMILES string of the molecule is CCCNC(CC1CC1)C1CN(CC)CCO1. The summed E-state index contributed by atoms with van der Waals surface area (Å²) < 4.78 is 5.99. The van der Waals surface area contributed by atoms with Crippen LogP contribution in [0, 0.1) is 5.92 Å². The zero-order valence-corrected chi connectivity index (χ0v) is 11.5. The van der Waals surface area contributed by atoms with Gasteiger partial charge in [0.2, 0.25) is 0 Å². The Bertz CT molecular complexity index is 218. The summed E-state index contributed by atoms with van der Waals surface area (Å²) in [5, 5.41) is 3.70. The normalized spacial score (nSPS) is 28.2. The number of morpholine rings is 1. The van der Waals surface area contributed by atoms with Crippen molar-refractivity contribution in [1.29, 1.82) is 0 Å². The molecule has 0 amide bonds. The van der Waals surface area contributed by atoms with Crippen molar-refractivity contribution in [2.24, 2.45) is 5.92 Å². The maximum absolute atomic E-state index is 5.99. The summed E-state index contributed by atoms with van der Waals surface area (Å²) in [6.45, 7) is 9.90. The molecule has 1 saturated carbocycles. The van der Waals surface area contributed by atoms with E-state index in [0.29, 0.717) is 12.1 Å². The lowest BCUT2D eigenvalue weighted by atomic mass is 10.0. The van der Waals surface area contributed by atoms with Crippen LogP contribution in [-0.4, -0.2) is 49.8 Å². The minimum absolute atomic E-state index is 0.413. The van der Waals surface area contributed by atoms with Crippen molar-refractivity contribution < 1.29 is 4.74 Å². The summed E-state index contributed by atoms with van der Waals surface area (Å²) in [4.78, 5) is 2.52. The third kappa shape index (κ3) is 4.23. The lowest BCUT2D eigenvalue weighted by molar-refractivity contribution is -0.0469. The molecule has 2 fully saturated rings. The average Bonchev–Trinajstić information content (AvgIpc) is 3.18. The molecule has 0 aromatic carbocycles. The molecule has 3 heteroatoms. The molecule has 1 aliphatic heterocycles. The zero-order valence-electron chi connectivity index (χ0n) is 11.5. The van der Waals surface area contributed by atoms with E-state index in [1.54, 1.807) is 0 Å². The van der Waals surface area contributed by atoms with Crippen LogP contribution < -0.4 is 5.32 Å². The fourth-order valence-corrected chi connectivity index (χ4v) is 2.67. The van der Waals surface area contributed by atoms with Gasteiger partial charge < -0.3 is 10.1 Å². The van der Waals surface area contributed by atoms with E-state index in [1.165, 1.54) is 25.7 Å². The maximum atomic E-state index is 5.99. The van der Waals surface area contributed by atoms with Gasteiger partial charge in [0, 0.05) is 19.1 Å². The molecule has 0 radical (unpaired) electrons. The van der Waals surface area contributed by atoms with E-state index >= 15 is 0 Å². The van der Waals surface area contributed by atoms with Crippen LogP contribution in [0.1, 0.15) is 39.5 Å². The van der Waals surface area contributed by atoms with Crippen LogP contribution in [0.15, 0.2) is 0 Å². The van der Waals surface area contributed by atoms with E-state index in [9.17, 15) is 0 Å². The van der Waals surface area contributed by atoms with Crippen molar-refractivity contribution in [1.82, 2.24) is 10.2 Å². The summed E-state index contributed by atoms with van der Waals surface area (Å²) in [5.74, 6) is 0.977.